The van der Waals surface area contributed by atoms with Crippen LogP contribution in [0.2, 0.25) is 0 Å². The first kappa shape index (κ1) is 40.1. The van der Waals surface area contributed by atoms with Gasteiger partial charge in [-0.05, 0) is 63.0 Å². The van der Waals surface area contributed by atoms with Crippen molar-refractivity contribution in [1.29, 1.82) is 0 Å². The van der Waals surface area contributed by atoms with Crippen LogP contribution in [0.25, 0.3) is 10.9 Å². The van der Waals surface area contributed by atoms with E-state index in [4.69, 9.17) is 4.74 Å². The number of likely N-dealkylation sites (tertiary alicyclic amines) is 1. The number of piperidine rings is 1. The van der Waals surface area contributed by atoms with Gasteiger partial charge in [0.15, 0.2) is 0 Å². The number of aliphatic carboxylic acids is 1. The molecule has 13 heteroatoms. The summed E-state index contributed by atoms with van der Waals surface area (Å²) >= 11 is 0. The van der Waals surface area contributed by atoms with Crippen LogP contribution in [0, 0.1) is 5.41 Å². The van der Waals surface area contributed by atoms with Gasteiger partial charge in [0.25, 0.3) is 0 Å². The van der Waals surface area contributed by atoms with E-state index in [-0.39, 0.29) is 65.9 Å². The number of hydrogen-bond donors (Lipinski definition) is 4. The summed E-state index contributed by atoms with van der Waals surface area (Å²) in [5.41, 5.74) is 0.785. The first-order chi connectivity index (χ1) is 21.7. The van der Waals surface area contributed by atoms with Crippen LogP contribution in [0.1, 0.15) is 92.1 Å². The summed E-state index contributed by atoms with van der Waals surface area (Å²) < 4.78 is 6.26. The summed E-state index contributed by atoms with van der Waals surface area (Å²) in [7, 11) is 1.27. The molecule has 0 bridgehead atoms. The van der Waals surface area contributed by atoms with E-state index in [9.17, 15) is 29.1 Å². The number of carbonyl (C=O) groups excluding carboxylic acids is 4. The fourth-order valence-electron chi connectivity index (χ4n) is 6.17. The largest absolute Gasteiger partial charge is 0.480 e. The summed E-state index contributed by atoms with van der Waals surface area (Å²) in [6.07, 6.45) is 5.53. The van der Waals surface area contributed by atoms with E-state index in [1.807, 2.05) is 41.5 Å². The SMILES string of the molecule is CCCCC(NC(=O)C(Cc1cn(C(=O)OC)c2ccccc12)NC(=O)C(CC(C)(C)C)NC(=O)N1C(C)CCCC1C)C(=O)O.[Na]. The van der Waals surface area contributed by atoms with Crippen LogP contribution in [0.4, 0.5) is 9.59 Å². The van der Waals surface area contributed by atoms with Crippen molar-refractivity contribution < 1.29 is 33.8 Å². The average Bonchev–Trinajstić information content (AvgIpc) is 3.35. The zero-order valence-electron chi connectivity index (χ0n) is 29.2. The van der Waals surface area contributed by atoms with Gasteiger partial charge in [-0.2, -0.15) is 0 Å². The van der Waals surface area contributed by atoms with Gasteiger partial charge >= 0.3 is 18.1 Å². The molecule has 1 aromatic heterocycles. The van der Waals surface area contributed by atoms with Crippen molar-refractivity contribution in [1.82, 2.24) is 25.4 Å². The van der Waals surface area contributed by atoms with Crippen LogP contribution in [0.3, 0.4) is 0 Å². The molecule has 1 aliphatic heterocycles. The number of benzene rings is 1. The van der Waals surface area contributed by atoms with Gasteiger partial charge in [0.1, 0.15) is 18.1 Å². The number of carbonyl (C=O) groups is 5. The van der Waals surface area contributed by atoms with Gasteiger partial charge in [0.2, 0.25) is 11.8 Å². The predicted molar refractivity (Wildman–Crippen MR) is 181 cm³/mol. The second-order valence-corrected chi connectivity index (χ2v) is 13.6. The Morgan fingerprint density at radius 3 is 2.13 bits per heavy atom. The van der Waals surface area contributed by atoms with Crippen LogP contribution < -0.4 is 16.0 Å². The van der Waals surface area contributed by atoms with Gasteiger partial charge in [-0.15, -0.1) is 0 Å². The van der Waals surface area contributed by atoms with E-state index < -0.39 is 42.0 Å². The molecule has 1 radical (unpaired) electrons. The number of nitrogens with one attached hydrogen (secondary N) is 3. The summed E-state index contributed by atoms with van der Waals surface area (Å²) in [6, 6.07) is 3.49. The molecule has 4 amide bonds. The first-order valence-corrected chi connectivity index (χ1v) is 16.3. The molecule has 0 spiro atoms. The molecule has 255 valence electrons. The molecular formula is C34H51N5NaO7. The van der Waals surface area contributed by atoms with Gasteiger partial charge in [-0.25, -0.2) is 14.4 Å². The number of nitrogens with zero attached hydrogens (tertiary/aromatic N) is 2. The number of unbranched alkanes of at least 4 members (excludes halogenated alkanes) is 1. The number of urea groups is 1. The Morgan fingerprint density at radius 1 is 0.957 bits per heavy atom. The van der Waals surface area contributed by atoms with Crippen molar-refractivity contribution >= 4 is 70.4 Å². The molecule has 5 unspecified atom stereocenters. The summed E-state index contributed by atoms with van der Waals surface area (Å²) in [4.78, 5) is 67.6. The average molecular weight is 665 g/mol. The maximum absolute atomic E-state index is 14.0. The molecule has 12 nitrogen and oxygen atoms in total. The van der Waals surface area contributed by atoms with Crippen LogP contribution in [-0.2, 0) is 25.5 Å². The maximum Gasteiger partial charge on any atom is 0.418 e. The number of para-hydroxylation sites is 1. The third-order valence-corrected chi connectivity index (χ3v) is 8.54. The maximum atomic E-state index is 14.0. The van der Waals surface area contributed by atoms with Crippen molar-refractivity contribution in [3.63, 3.8) is 0 Å². The van der Waals surface area contributed by atoms with E-state index >= 15 is 0 Å². The van der Waals surface area contributed by atoms with Crippen molar-refractivity contribution in [2.45, 2.75) is 123 Å². The standard InChI is InChI=1S/C34H51N5O7.Na/c1-8-9-16-25(31(42)43)35-29(40)26(18-23-20-38(33(45)46-7)28-17-11-10-15-24(23)28)36-30(41)27(19-34(4,5)6)37-32(44)39-21(2)13-12-14-22(39)3;/h10-11,15,17,20-22,25-27H,8-9,12-14,16,18-19H2,1-7H3,(H,35,40)(H,36,41)(H,37,44)(H,42,43);. The van der Waals surface area contributed by atoms with Crippen LogP contribution in [-0.4, -0.2) is 111 Å². The number of ether oxygens (including phenoxy) is 1. The zero-order valence-corrected chi connectivity index (χ0v) is 31.2. The quantitative estimate of drug-likeness (QED) is 0.244. The second-order valence-electron chi connectivity index (χ2n) is 13.6. The fourth-order valence-corrected chi connectivity index (χ4v) is 6.17. The van der Waals surface area contributed by atoms with Crippen LogP contribution in [0.5, 0.6) is 0 Å². The molecule has 0 saturated carbocycles. The third kappa shape index (κ3) is 11.0. The van der Waals surface area contributed by atoms with Crippen molar-refractivity contribution in [2.75, 3.05) is 7.11 Å². The Morgan fingerprint density at radius 2 is 1.55 bits per heavy atom. The van der Waals surface area contributed by atoms with Crippen molar-refractivity contribution in [3.8, 4) is 0 Å². The minimum absolute atomic E-state index is 0. The first-order valence-electron chi connectivity index (χ1n) is 16.3. The number of amides is 4. The van der Waals surface area contributed by atoms with Gasteiger partial charge in [-0.1, -0.05) is 58.7 Å². The number of carboxylic acid groups (broad SMARTS) is 1. The third-order valence-electron chi connectivity index (χ3n) is 8.54. The molecule has 1 saturated heterocycles. The van der Waals surface area contributed by atoms with E-state index in [0.717, 1.165) is 25.7 Å². The molecule has 1 aliphatic rings. The molecule has 0 aliphatic carbocycles. The Hall–Kier alpha value is -3.09. The molecule has 2 heterocycles. The molecule has 3 rings (SSSR count). The topological polar surface area (TPSA) is 159 Å². The molecule has 47 heavy (non-hydrogen) atoms. The monoisotopic (exact) mass is 664 g/mol. The summed E-state index contributed by atoms with van der Waals surface area (Å²) in [6.45, 7) is 11.8. The predicted octanol–water partition coefficient (Wildman–Crippen LogP) is 4.44. The minimum atomic E-state index is -1.21. The van der Waals surface area contributed by atoms with Gasteiger partial charge in [0.05, 0.1) is 12.6 Å². The number of aromatic nitrogens is 1. The second kappa shape index (κ2) is 17.9. The Labute approximate surface area is 300 Å². The Bertz CT molecular complexity index is 1390. The summed E-state index contributed by atoms with van der Waals surface area (Å²) in [5.74, 6) is -2.40. The van der Waals surface area contributed by atoms with E-state index in [0.29, 0.717) is 29.3 Å². The minimum Gasteiger partial charge on any atom is -0.480 e. The Balaban J connectivity index is 0.00000768. The van der Waals surface area contributed by atoms with Crippen LogP contribution in [0.15, 0.2) is 30.5 Å². The van der Waals surface area contributed by atoms with Gasteiger partial charge in [0, 0.05) is 59.6 Å². The molecule has 1 aromatic carbocycles. The number of hydrogen-bond acceptors (Lipinski definition) is 6. The molecule has 2 aromatic rings. The molecule has 5 atom stereocenters. The molecular weight excluding hydrogens is 613 g/mol. The fraction of sp³-hybridized carbons (Fsp3) is 0.618. The molecule has 1 fully saturated rings. The smallest absolute Gasteiger partial charge is 0.418 e. The normalized spacial score (nSPS) is 18.3. The van der Waals surface area contributed by atoms with Crippen molar-refractivity contribution in [3.05, 3.63) is 36.0 Å². The Kier molecular flexibility index (Phi) is 15.3. The number of fused-ring (bicyclic) bond motifs is 1. The van der Waals surface area contributed by atoms with Gasteiger partial charge in [-0.3, -0.25) is 14.2 Å². The summed E-state index contributed by atoms with van der Waals surface area (Å²) in [5, 5.41) is 18.9. The molecule has 4 N–H and O–H groups in total. The number of methoxy groups -OCH3 is 1. The van der Waals surface area contributed by atoms with Crippen molar-refractivity contribution in [2.24, 2.45) is 5.41 Å². The van der Waals surface area contributed by atoms with E-state index in [1.54, 1.807) is 35.4 Å². The zero-order chi connectivity index (χ0) is 34.2. The van der Waals surface area contributed by atoms with E-state index in [2.05, 4.69) is 16.0 Å². The number of carboxylic acids is 1. The van der Waals surface area contributed by atoms with Gasteiger partial charge < -0.3 is 30.7 Å². The van der Waals surface area contributed by atoms with E-state index in [1.165, 1.54) is 11.7 Å². The number of rotatable bonds is 12. The van der Waals surface area contributed by atoms with Crippen LogP contribution >= 0.6 is 0 Å².